The number of hydrogen-bond acceptors (Lipinski definition) is 2. The second-order valence-electron chi connectivity index (χ2n) is 5.14. The van der Waals surface area contributed by atoms with Crippen LogP contribution in [0.15, 0.2) is 0 Å². The van der Waals surface area contributed by atoms with Gasteiger partial charge in [-0.25, -0.2) is 4.31 Å². The Bertz CT molecular complexity index is 145. The summed E-state index contributed by atoms with van der Waals surface area (Å²) in [5.41, 5.74) is 0.506. The topological polar surface area (TPSA) is 3.24 Å². The second kappa shape index (κ2) is 3.22. The number of nitrogens with zero attached hydrogens (tertiary/aromatic N) is 1. The monoisotopic (exact) mass is 187 g/mol. The third-order valence-electron chi connectivity index (χ3n) is 2.97. The summed E-state index contributed by atoms with van der Waals surface area (Å²) in [7, 11) is 0. The van der Waals surface area contributed by atoms with E-state index in [9.17, 15) is 0 Å². The maximum absolute atomic E-state index is 4.62. The maximum Gasteiger partial charge on any atom is 0.0260 e. The standard InChI is InChI=1S/C10H21NS/c1-9(2)7-5-6-8-10(3,4)11(9)12/h12H,5-8H2,1-4H3. The summed E-state index contributed by atoms with van der Waals surface area (Å²) in [5.74, 6) is 0. The summed E-state index contributed by atoms with van der Waals surface area (Å²) in [6.07, 6.45) is 5.21. The van der Waals surface area contributed by atoms with E-state index in [4.69, 9.17) is 0 Å². The van der Waals surface area contributed by atoms with Crippen molar-refractivity contribution in [2.75, 3.05) is 0 Å². The summed E-state index contributed by atoms with van der Waals surface area (Å²) >= 11 is 4.62. The molecule has 0 spiro atoms. The number of rotatable bonds is 0. The molecule has 1 rings (SSSR count). The molecule has 0 aromatic rings. The lowest BCUT2D eigenvalue weighted by Gasteiger charge is -2.43. The Morgan fingerprint density at radius 1 is 0.917 bits per heavy atom. The van der Waals surface area contributed by atoms with Crippen molar-refractivity contribution in [3.63, 3.8) is 0 Å². The third-order valence-corrected chi connectivity index (χ3v) is 4.06. The van der Waals surface area contributed by atoms with Crippen LogP contribution in [0.3, 0.4) is 0 Å². The summed E-state index contributed by atoms with van der Waals surface area (Å²) in [6, 6.07) is 0. The average molecular weight is 187 g/mol. The predicted molar refractivity (Wildman–Crippen MR) is 57.5 cm³/mol. The molecule has 0 bridgehead atoms. The molecule has 0 aromatic carbocycles. The number of thiol groups is 1. The Kier molecular flexibility index (Phi) is 2.79. The van der Waals surface area contributed by atoms with Crippen LogP contribution in [0.1, 0.15) is 53.4 Å². The Morgan fingerprint density at radius 3 is 1.58 bits per heavy atom. The van der Waals surface area contributed by atoms with Crippen LogP contribution in [-0.4, -0.2) is 15.4 Å². The van der Waals surface area contributed by atoms with E-state index in [1.165, 1.54) is 25.7 Å². The van der Waals surface area contributed by atoms with Crippen LogP contribution >= 0.6 is 12.8 Å². The quantitative estimate of drug-likeness (QED) is 0.570. The van der Waals surface area contributed by atoms with Gasteiger partial charge >= 0.3 is 0 Å². The smallest absolute Gasteiger partial charge is 0.0260 e. The normalized spacial score (nSPS) is 29.8. The molecule has 0 amide bonds. The second-order valence-corrected chi connectivity index (χ2v) is 5.54. The van der Waals surface area contributed by atoms with Crippen molar-refractivity contribution in [2.24, 2.45) is 0 Å². The Hall–Kier alpha value is 0.310. The van der Waals surface area contributed by atoms with Gasteiger partial charge in [-0.05, 0) is 40.5 Å². The Balaban J connectivity index is 2.81. The van der Waals surface area contributed by atoms with Gasteiger partial charge in [0, 0.05) is 11.1 Å². The van der Waals surface area contributed by atoms with E-state index in [2.05, 4.69) is 44.8 Å². The van der Waals surface area contributed by atoms with Crippen LogP contribution in [0.25, 0.3) is 0 Å². The molecule has 0 unspecified atom stereocenters. The van der Waals surface area contributed by atoms with Crippen LogP contribution < -0.4 is 0 Å². The highest BCUT2D eigenvalue weighted by atomic mass is 32.1. The van der Waals surface area contributed by atoms with Crippen LogP contribution in [0.2, 0.25) is 0 Å². The van der Waals surface area contributed by atoms with Gasteiger partial charge in [0.25, 0.3) is 0 Å². The minimum absolute atomic E-state index is 0.253. The van der Waals surface area contributed by atoms with Gasteiger partial charge in [0.15, 0.2) is 0 Å². The van der Waals surface area contributed by atoms with E-state index in [-0.39, 0.29) is 11.1 Å². The Morgan fingerprint density at radius 2 is 1.25 bits per heavy atom. The van der Waals surface area contributed by atoms with Crippen LogP contribution in [0.5, 0.6) is 0 Å². The van der Waals surface area contributed by atoms with Gasteiger partial charge in [0.05, 0.1) is 0 Å². The molecule has 1 aliphatic heterocycles. The van der Waals surface area contributed by atoms with Crippen molar-refractivity contribution >= 4 is 12.8 Å². The van der Waals surface area contributed by atoms with Crippen molar-refractivity contribution in [3.05, 3.63) is 0 Å². The lowest BCUT2D eigenvalue weighted by molar-refractivity contribution is 0.134. The zero-order valence-corrected chi connectivity index (χ0v) is 9.62. The molecule has 1 aliphatic rings. The highest BCUT2D eigenvalue weighted by molar-refractivity contribution is 7.77. The average Bonchev–Trinajstić information content (AvgIpc) is 2.02. The van der Waals surface area contributed by atoms with E-state index in [1.807, 2.05) is 0 Å². The first kappa shape index (κ1) is 10.4. The van der Waals surface area contributed by atoms with E-state index in [0.29, 0.717) is 0 Å². The fourth-order valence-electron chi connectivity index (χ4n) is 2.15. The van der Waals surface area contributed by atoms with Gasteiger partial charge in [0.1, 0.15) is 0 Å². The first-order valence-electron chi connectivity index (χ1n) is 4.85. The lowest BCUT2D eigenvalue weighted by Crippen LogP contribution is -2.48. The minimum atomic E-state index is 0.253. The number of hydrogen-bond donors (Lipinski definition) is 1. The van der Waals surface area contributed by atoms with Crippen molar-refractivity contribution in [3.8, 4) is 0 Å². The first-order chi connectivity index (χ1) is 5.36. The first-order valence-corrected chi connectivity index (χ1v) is 5.25. The molecular formula is C10H21NS. The fourth-order valence-corrected chi connectivity index (χ4v) is 2.35. The van der Waals surface area contributed by atoms with Gasteiger partial charge in [-0.1, -0.05) is 25.7 Å². The van der Waals surface area contributed by atoms with Gasteiger partial charge in [0.2, 0.25) is 0 Å². The molecule has 1 nitrogen and oxygen atoms in total. The molecule has 0 radical (unpaired) electrons. The largest absolute Gasteiger partial charge is 0.242 e. The SMILES string of the molecule is CC1(C)CCCCC(C)(C)N1S. The van der Waals surface area contributed by atoms with Crippen LogP contribution in [0.4, 0.5) is 0 Å². The van der Waals surface area contributed by atoms with Crippen LogP contribution in [-0.2, 0) is 0 Å². The zero-order valence-electron chi connectivity index (χ0n) is 8.72. The summed E-state index contributed by atoms with van der Waals surface area (Å²) in [4.78, 5) is 0. The molecule has 0 aliphatic carbocycles. The summed E-state index contributed by atoms with van der Waals surface area (Å²) in [6.45, 7) is 9.14. The van der Waals surface area contributed by atoms with E-state index in [1.54, 1.807) is 0 Å². The van der Waals surface area contributed by atoms with Crippen molar-refractivity contribution < 1.29 is 0 Å². The molecule has 1 heterocycles. The lowest BCUT2D eigenvalue weighted by atomic mass is 9.96. The molecule has 0 N–H and O–H groups in total. The minimum Gasteiger partial charge on any atom is -0.242 e. The van der Waals surface area contributed by atoms with Gasteiger partial charge in [-0.2, -0.15) is 0 Å². The summed E-state index contributed by atoms with van der Waals surface area (Å²) < 4.78 is 2.24. The molecule has 0 atom stereocenters. The molecule has 72 valence electrons. The van der Waals surface area contributed by atoms with Crippen molar-refractivity contribution in [1.29, 1.82) is 0 Å². The highest BCUT2D eigenvalue weighted by Gasteiger charge is 2.37. The van der Waals surface area contributed by atoms with Gasteiger partial charge in [-0.3, -0.25) is 0 Å². The molecule has 1 saturated heterocycles. The zero-order chi connectivity index (χ0) is 9.41. The third kappa shape index (κ3) is 1.97. The maximum atomic E-state index is 4.62. The van der Waals surface area contributed by atoms with Crippen molar-refractivity contribution in [1.82, 2.24) is 4.31 Å². The summed E-state index contributed by atoms with van der Waals surface area (Å²) in [5, 5.41) is 0. The van der Waals surface area contributed by atoms with E-state index >= 15 is 0 Å². The van der Waals surface area contributed by atoms with Crippen LogP contribution in [0, 0.1) is 0 Å². The van der Waals surface area contributed by atoms with Crippen molar-refractivity contribution in [2.45, 2.75) is 64.5 Å². The predicted octanol–water partition coefficient (Wildman–Crippen LogP) is 3.26. The molecule has 2 heteroatoms. The molecule has 0 saturated carbocycles. The van der Waals surface area contributed by atoms with E-state index < -0.39 is 0 Å². The highest BCUT2D eigenvalue weighted by Crippen LogP contribution is 2.37. The fraction of sp³-hybridized carbons (Fsp3) is 1.00. The van der Waals surface area contributed by atoms with E-state index in [0.717, 1.165) is 0 Å². The molecule has 0 aromatic heterocycles. The van der Waals surface area contributed by atoms with Gasteiger partial charge in [-0.15, -0.1) is 0 Å². The molecule has 1 fully saturated rings. The molecule has 12 heavy (non-hydrogen) atoms. The Labute approximate surface area is 82.1 Å². The van der Waals surface area contributed by atoms with Gasteiger partial charge < -0.3 is 0 Å². The molecular weight excluding hydrogens is 166 g/mol.